The van der Waals surface area contributed by atoms with Crippen molar-refractivity contribution in [2.24, 2.45) is 0 Å². The SMILES string of the molecule is CCc1ccc(N2C(=O)NC(=O)/C(=C\c3ccc(-c4ccc([N+](=O)[O-])cc4C)o3)C2=O)cc1. The van der Waals surface area contributed by atoms with E-state index in [4.69, 9.17) is 4.42 Å². The molecule has 166 valence electrons. The van der Waals surface area contributed by atoms with Crippen LogP contribution in [0.15, 0.2) is 64.6 Å². The van der Waals surface area contributed by atoms with E-state index in [0.717, 1.165) is 16.9 Å². The number of furan rings is 1. The zero-order chi connectivity index (χ0) is 23.7. The van der Waals surface area contributed by atoms with Crippen LogP contribution in [0.2, 0.25) is 0 Å². The molecular formula is C24H19N3O6. The van der Waals surface area contributed by atoms with Crippen molar-refractivity contribution in [3.63, 3.8) is 0 Å². The molecule has 0 saturated carbocycles. The molecule has 0 aliphatic carbocycles. The monoisotopic (exact) mass is 445 g/mol. The number of hydrogen-bond donors (Lipinski definition) is 1. The Hall–Kier alpha value is -4.53. The highest BCUT2D eigenvalue weighted by Crippen LogP contribution is 2.30. The van der Waals surface area contributed by atoms with Gasteiger partial charge >= 0.3 is 6.03 Å². The van der Waals surface area contributed by atoms with Crippen LogP contribution >= 0.6 is 0 Å². The molecule has 0 atom stereocenters. The van der Waals surface area contributed by atoms with Crippen LogP contribution in [0.25, 0.3) is 17.4 Å². The van der Waals surface area contributed by atoms with Gasteiger partial charge in [-0.1, -0.05) is 19.1 Å². The summed E-state index contributed by atoms with van der Waals surface area (Å²) in [5.74, 6) is -0.953. The minimum absolute atomic E-state index is 0.0358. The van der Waals surface area contributed by atoms with Gasteiger partial charge in [-0.15, -0.1) is 0 Å². The van der Waals surface area contributed by atoms with E-state index in [1.54, 1.807) is 49.4 Å². The predicted molar refractivity (Wildman–Crippen MR) is 120 cm³/mol. The quantitative estimate of drug-likeness (QED) is 0.269. The predicted octanol–water partition coefficient (Wildman–Crippen LogP) is 4.39. The summed E-state index contributed by atoms with van der Waals surface area (Å²) in [6, 6.07) is 13.7. The summed E-state index contributed by atoms with van der Waals surface area (Å²) in [7, 11) is 0. The van der Waals surface area contributed by atoms with Crippen LogP contribution in [0, 0.1) is 17.0 Å². The number of benzene rings is 2. The second kappa shape index (κ2) is 8.54. The highest BCUT2D eigenvalue weighted by molar-refractivity contribution is 6.39. The first-order valence-electron chi connectivity index (χ1n) is 10.1. The molecular weight excluding hydrogens is 426 g/mol. The van der Waals surface area contributed by atoms with Gasteiger partial charge < -0.3 is 4.42 Å². The highest BCUT2D eigenvalue weighted by Gasteiger charge is 2.37. The maximum absolute atomic E-state index is 13.0. The Morgan fingerprint density at radius 2 is 1.79 bits per heavy atom. The molecule has 1 aliphatic rings. The van der Waals surface area contributed by atoms with Gasteiger partial charge in [-0.05, 0) is 60.9 Å². The molecule has 0 bridgehead atoms. The molecule has 0 spiro atoms. The molecule has 1 saturated heterocycles. The van der Waals surface area contributed by atoms with Crippen molar-refractivity contribution in [3.05, 3.63) is 87.2 Å². The molecule has 2 heterocycles. The van der Waals surface area contributed by atoms with E-state index < -0.39 is 22.8 Å². The lowest BCUT2D eigenvalue weighted by Gasteiger charge is -2.26. The van der Waals surface area contributed by atoms with Crippen LogP contribution in [0.3, 0.4) is 0 Å². The summed E-state index contributed by atoms with van der Waals surface area (Å²) in [6.07, 6.45) is 2.07. The Kier molecular flexibility index (Phi) is 5.61. The van der Waals surface area contributed by atoms with Gasteiger partial charge in [0.25, 0.3) is 17.5 Å². The second-order valence-electron chi connectivity index (χ2n) is 7.44. The number of urea groups is 1. The van der Waals surface area contributed by atoms with Crippen molar-refractivity contribution >= 4 is 35.3 Å². The van der Waals surface area contributed by atoms with Gasteiger partial charge in [-0.25, -0.2) is 9.69 Å². The van der Waals surface area contributed by atoms with Crippen molar-refractivity contribution in [1.29, 1.82) is 0 Å². The molecule has 1 aliphatic heterocycles. The van der Waals surface area contributed by atoms with Crippen LogP contribution in [0.5, 0.6) is 0 Å². The van der Waals surface area contributed by atoms with Gasteiger partial charge in [0.2, 0.25) is 0 Å². The van der Waals surface area contributed by atoms with Crippen molar-refractivity contribution in [3.8, 4) is 11.3 Å². The van der Waals surface area contributed by atoms with E-state index in [-0.39, 0.29) is 17.0 Å². The zero-order valence-electron chi connectivity index (χ0n) is 17.8. The highest BCUT2D eigenvalue weighted by atomic mass is 16.6. The second-order valence-corrected chi connectivity index (χ2v) is 7.44. The third-order valence-electron chi connectivity index (χ3n) is 5.30. The first kappa shape index (κ1) is 21.7. The summed E-state index contributed by atoms with van der Waals surface area (Å²) < 4.78 is 5.77. The number of nitrogens with zero attached hydrogens (tertiary/aromatic N) is 2. The lowest BCUT2D eigenvalue weighted by Crippen LogP contribution is -2.54. The lowest BCUT2D eigenvalue weighted by molar-refractivity contribution is -0.384. The molecule has 1 N–H and O–H groups in total. The molecule has 0 unspecified atom stereocenters. The lowest BCUT2D eigenvalue weighted by atomic mass is 10.1. The minimum atomic E-state index is -0.826. The van der Waals surface area contributed by atoms with Crippen LogP contribution in [0.4, 0.5) is 16.2 Å². The maximum atomic E-state index is 13.0. The number of nitro groups is 1. The fourth-order valence-corrected chi connectivity index (χ4v) is 3.53. The zero-order valence-corrected chi connectivity index (χ0v) is 17.8. The summed E-state index contributed by atoms with van der Waals surface area (Å²) in [4.78, 5) is 49.1. The Balaban J connectivity index is 1.65. The van der Waals surface area contributed by atoms with Gasteiger partial charge in [0.15, 0.2) is 0 Å². The summed E-state index contributed by atoms with van der Waals surface area (Å²) in [5.41, 5.74) is 2.37. The molecule has 33 heavy (non-hydrogen) atoms. The number of amides is 4. The third-order valence-corrected chi connectivity index (χ3v) is 5.30. The fraction of sp³-hybridized carbons (Fsp3) is 0.125. The number of rotatable bonds is 5. The molecule has 2 aromatic carbocycles. The molecule has 4 amide bonds. The van der Waals surface area contributed by atoms with Gasteiger partial charge in [0.05, 0.1) is 10.6 Å². The fourth-order valence-electron chi connectivity index (χ4n) is 3.53. The number of barbiturate groups is 1. The van der Waals surface area contributed by atoms with Crippen LogP contribution < -0.4 is 10.2 Å². The Morgan fingerprint density at radius 3 is 2.42 bits per heavy atom. The summed E-state index contributed by atoms with van der Waals surface area (Å²) >= 11 is 0. The number of carbonyl (C=O) groups is 3. The number of imide groups is 2. The number of non-ortho nitro benzene ring substituents is 1. The van der Waals surface area contributed by atoms with E-state index >= 15 is 0 Å². The van der Waals surface area contributed by atoms with Gasteiger partial charge in [0, 0.05) is 17.7 Å². The van der Waals surface area contributed by atoms with Crippen molar-refractivity contribution in [2.45, 2.75) is 20.3 Å². The topological polar surface area (TPSA) is 123 Å². The minimum Gasteiger partial charge on any atom is -0.457 e. The van der Waals surface area contributed by atoms with Crippen LogP contribution in [-0.2, 0) is 16.0 Å². The number of nitrogens with one attached hydrogen (secondary N) is 1. The Bertz CT molecular complexity index is 1320. The van der Waals surface area contributed by atoms with E-state index in [2.05, 4.69) is 5.32 Å². The maximum Gasteiger partial charge on any atom is 0.335 e. The molecule has 9 heteroatoms. The smallest absolute Gasteiger partial charge is 0.335 e. The number of aryl methyl sites for hydroxylation is 2. The number of nitro benzene ring substituents is 1. The van der Waals surface area contributed by atoms with E-state index in [0.29, 0.717) is 22.6 Å². The van der Waals surface area contributed by atoms with E-state index in [1.807, 2.05) is 6.92 Å². The molecule has 3 aromatic rings. The first-order chi connectivity index (χ1) is 15.8. The third kappa shape index (κ3) is 4.16. The van der Waals surface area contributed by atoms with Gasteiger partial charge in [-0.2, -0.15) is 0 Å². The average Bonchev–Trinajstić information content (AvgIpc) is 3.25. The molecule has 4 rings (SSSR count). The van der Waals surface area contributed by atoms with Crippen LogP contribution in [-0.4, -0.2) is 22.8 Å². The van der Waals surface area contributed by atoms with Gasteiger partial charge in [-0.3, -0.25) is 25.0 Å². The average molecular weight is 445 g/mol. The number of anilines is 1. The van der Waals surface area contributed by atoms with Crippen molar-refractivity contribution < 1.29 is 23.7 Å². The first-order valence-corrected chi connectivity index (χ1v) is 10.1. The Labute approximate surface area is 188 Å². The number of carbonyl (C=O) groups excluding carboxylic acids is 3. The van der Waals surface area contributed by atoms with Crippen molar-refractivity contribution in [1.82, 2.24) is 5.32 Å². The standard InChI is InChI=1S/C24H19N3O6/c1-3-15-4-6-16(7-5-15)26-23(29)20(22(28)25-24(26)30)13-18-9-11-21(33-18)19-10-8-17(27(31)32)12-14(19)2/h4-13H,3H2,1-2H3,(H,25,28,30)/b20-13+. The van der Waals surface area contributed by atoms with Crippen LogP contribution in [0.1, 0.15) is 23.8 Å². The molecule has 9 nitrogen and oxygen atoms in total. The Morgan fingerprint density at radius 1 is 1.06 bits per heavy atom. The van der Waals surface area contributed by atoms with Crippen molar-refractivity contribution in [2.75, 3.05) is 4.90 Å². The number of hydrogen-bond acceptors (Lipinski definition) is 6. The molecule has 0 radical (unpaired) electrons. The normalized spacial score (nSPS) is 15.2. The van der Waals surface area contributed by atoms with E-state index in [1.165, 1.54) is 18.2 Å². The van der Waals surface area contributed by atoms with Gasteiger partial charge in [0.1, 0.15) is 17.1 Å². The summed E-state index contributed by atoms with van der Waals surface area (Å²) in [5, 5.41) is 13.1. The largest absolute Gasteiger partial charge is 0.457 e. The molecule has 1 aromatic heterocycles. The molecule has 1 fully saturated rings. The summed E-state index contributed by atoms with van der Waals surface area (Å²) in [6.45, 7) is 3.71. The van der Waals surface area contributed by atoms with E-state index in [9.17, 15) is 24.5 Å².